The Balaban J connectivity index is 1.21. The topological polar surface area (TPSA) is 58.6 Å². The summed E-state index contributed by atoms with van der Waals surface area (Å²) in [5.74, 6) is 0.937. The Hall–Kier alpha value is -2.04. The molecule has 1 spiro atoms. The summed E-state index contributed by atoms with van der Waals surface area (Å²) >= 11 is 0. The van der Waals surface area contributed by atoms with Gasteiger partial charge in [0.05, 0.1) is 5.54 Å². The van der Waals surface area contributed by atoms with E-state index in [0.717, 1.165) is 32.4 Å². The molecule has 2 aliphatic carbocycles. The second kappa shape index (κ2) is 4.74. The van der Waals surface area contributed by atoms with Crippen molar-refractivity contribution in [2.75, 3.05) is 19.7 Å². The largest absolute Gasteiger partial charge is 0.447 e. The highest BCUT2D eigenvalue weighted by Gasteiger charge is 2.59. The molecule has 5 heteroatoms. The smallest absolute Gasteiger partial charge is 0.407 e. The van der Waals surface area contributed by atoms with Crippen LogP contribution < -0.4 is 5.32 Å². The molecule has 1 aromatic rings. The maximum atomic E-state index is 12.8. The molecule has 0 aromatic heterocycles. The highest BCUT2D eigenvalue weighted by molar-refractivity contribution is 5.82. The first kappa shape index (κ1) is 14.3. The molecule has 5 rings (SSSR count). The van der Waals surface area contributed by atoms with E-state index >= 15 is 0 Å². The predicted octanol–water partition coefficient (Wildman–Crippen LogP) is 2.07. The number of ether oxygens (including phenoxy) is 1. The van der Waals surface area contributed by atoms with Crippen LogP contribution in [-0.4, -0.2) is 42.1 Å². The predicted molar refractivity (Wildman–Crippen MR) is 87.4 cm³/mol. The van der Waals surface area contributed by atoms with Crippen molar-refractivity contribution >= 4 is 12.0 Å². The normalized spacial score (nSPS) is 39.7. The SMILES string of the molecule is O=C1NC2(CO1)CC(C(=O)N1CCC3(c4ccccc4)CC3C1)C2. The molecule has 2 atom stereocenters. The number of piperidine rings is 1. The number of carbonyl (C=O) groups is 2. The van der Waals surface area contributed by atoms with Gasteiger partial charge in [0.15, 0.2) is 0 Å². The molecule has 2 heterocycles. The Labute approximate surface area is 141 Å². The van der Waals surface area contributed by atoms with Gasteiger partial charge < -0.3 is 15.0 Å². The number of carbonyl (C=O) groups excluding carboxylic acids is 2. The minimum atomic E-state index is -0.343. The summed E-state index contributed by atoms with van der Waals surface area (Å²) < 4.78 is 5.00. The Morgan fingerprint density at radius 3 is 2.67 bits per heavy atom. The van der Waals surface area contributed by atoms with Gasteiger partial charge in [-0.05, 0) is 37.2 Å². The van der Waals surface area contributed by atoms with Crippen LogP contribution in [0.5, 0.6) is 0 Å². The number of fused-ring (bicyclic) bond motifs is 1. The Morgan fingerprint density at radius 1 is 1.21 bits per heavy atom. The summed E-state index contributed by atoms with van der Waals surface area (Å²) in [5.41, 5.74) is 1.50. The van der Waals surface area contributed by atoms with Crippen LogP contribution in [0.15, 0.2) is 30.3 Å². The van der Waals surface area contributed by atoms with Crippen LogP contribution >= 0.6 is 0 Å². The highest BCUT2D eigenvalue weighted by atomic mass is 16.6. The van der Waals surface area contributed by atoms with Crippen LogP contribution in [0.25, 0.3) is 0 Å². The van der Waals surface area contributed by atoms with Crippen molar-refractivity contribution in [2.24, 2.45) is 11.8 Å². The van der Waals surface area contributed by atoms with Gasteiger partial charge in [0, 0.05) is 24.4 Å². The van der Waals surface area contributed by atoms with Crippen LogP contribution in [0, 0.1) is 11.8 Å². The lowest BCUT2D eigenvalue weighted by Gasteiger charge is -2.44. The van der Waals surface area contributed by atoms with Gasteiger partial charge in [0.2, 0.25) is 5.91 Å². The van der Waals surface area contributed by atoms with Crippen molar-refractivity contribution < 1.29 is 14.3 Å². The fourth-order valence-corrected chi connectivity index (χ4v) is 5.11. The zero-order valence-electron chi connectivity index (χ0n) is 13.7. The number of likely N-dealkylation sites (tertiary alicyclic amines) is 1. The molecule has 24 heavy (non-hydrogen) atoms. The van der Waals surface area contributed by atoms with Gasteiger partial charge >= 0.3 is 6.09 Å². The van der Waals surface area contributed by atoms with E-state index in [2.05, 4.69) is 40.5 Å². The van der Waals surface area contributed by atoms with Crippen LogP contribution in [0.3, 0.4) is 0 Å². The number of amides is 2. The molecule has 4 fully saturated rings. The molecule has 2 aliphatic heterocycles. The van der Waals surface area contributed by atoms with Gasteiger partial charge in [-0.15, -0.1) is 0 Å². The second-order valence-corrected chi connectivity index (χ2v) is 8.04. The number of benzene rings is 1. The maximum absolute atomic E-state index is 12.8. The van der Waals surface area contributed by atoms with Gasteiger partial charge in [-0.25, -0.2) is 4.79 Å². The first-order chi connectivity index (χ1) is 11.6. The van der Waals surface area contributed by atoms with Crippen molar-refractivity contribution in [1.82, 2.24) is 10.2 Å². The highest BCUT2D eigenvalue weighted by Crippen LogP contribution is 2.59. The van der Waals surface area contributed by atoms with E-state index in [0.29, 0.717) is 17.9 Å². The van der Waals surface area contributed by atoms with E-state index in [1.54, 1.807) is 0 Å². The van der Waals surface area contributed by atoms with Gasteiger partial charge in [-0.2, -0.15) is 0 Å². The Morgan fingerprint density at radius 2 is 2.00 bits per heavy atom. The first-order valence-electron chi connectivity index (χ1n) is 8.90. The summed E-state index contributed by atoms with van der Waals surface area (Å²) in [6, 6.07) is 10.8. The van der Waals surface area contributed by atoms with E-state index in [4.69, 9.17) is 4.74 Å². The molecule has 2 saturated heterocycles. The lowest BCUT2D eigenvalue weighted by molar-refractivity contribution is -0.142. The fraction of sp³-hybridized carbons (Fsp3) is 0.579. The third-order valence-corrected chi connectivity index (χ3v) is 6.63. The molecule has 1 aromatic carbocycles. The van der Waals surface area contributed by atoms with Gasteiger partial charge in [-0.3, -0.25) is 4.79 Å². The third kappa shape index (κ3) is 2.00. The lowest BCUT2D eigenvalue weighted by atomic mass is 9.68. The molecule has 0 radical (unpaired) electrons. The standard InChI is InChI=1S/C19H22N2O3/c22-16(13-8-18(9-13)12-24-17(23)20-18)21-7-6-19(10-15(19)11-21)14-4-2-1-3-5-14/h1-5,13,15H,6-12H2,(H,20,23). The number of cyclic esters (lactones) is 1. The van der Waals surface area contributed by atoms with E-state index in [-0.39, 0.29) is 23.5 Å². The molecular formula is C19H22N2O3. The van der Waals surface area contributed by atoms with Crippen molar-refractivity contribution in [3.05, 3.63) is 35.9 Å². The second-order valence-electron chi connectivity index (χ2n) is 8.04. The van der Waals surface area contributed by atoms with E-state index < -0.39 is 0 Å². The minimum absolute atomic E-state index is 0.0509. The van der Waals surface area contributed by atoms with Crippen molar-refractivity contribution in [3.63, 3.8) is 0 Å². The molecular weight excluding hydrogens is 304 g/mol. The first-order valence-corrected chi connectivity index (χ1v) is 8.90. The maximum Gasteiger partial charge on any atom is 0.407 e. The average molecular weight is 326 g/mol. The monoisotopic (exact) mass is 326 g/mol. The molecule has 126 valence electrons. The zero-order chi connectivity index (χ0) is 16.4. The number of alkyl carbamates (subject to hydrolysis) is 1. The van der Waals surface area contributed by atoms with E-state index in [1.165, 1.54) is 12.0 Å². The quantitative estimate of drug-likeness (QED) is 0.905. The number of nitrogens with one attached hydrogen (secondary N) is 1. The summed E-state index contributed by atoms with van der Waals surface area (Å²) in [6.45, 7) is 2.16. The summed E-state index contributed by atoms with van der Waals surface area (Å²) in [7, 11) is 0. The number of nitrogens with zero attached hydrogens (tertiary/aromatic N) is 1. The van der Waals surface area contributed by atoms with E-state index in [9.17, 15) is 9.59 Å². The van der Waals surface area contributed by atoms with Crippen LogP contribution in [0.4, 0.5) is 4.79 Å². The number of rotatable bonds is 2. The molecule has 5 nitrogen and oxygen atoms in total. The number of hydrogen-bond donors (Lipinski definition) is 1. The molecule has 2 unspecified atom stereocenters. The Bertz CT molecular complexity index is 698. The average Bonchev–Trinajstić information content (AvgIpc) is 3.19. The summed E-state index contributed by atoms with van der Waals surface area (Å²) in [6.07, 6.45) is 3.39. The third-order valence-electron chi connectivity index (χ3n) is 6.63. The molecule has 1 N–H and O–H groups in total. The summed E-state index contributed by atoms with van der Waals surface area (Å²) in [4.78, 5) is 26.1. The number of hydrogen-bond acceptors (Lipinski definition) is 3. The Kier molecular flexibility index (Phi) is 2.83. The van der Waals surface area contributed by atoms with Crippen molar-refractivity contribution in [1.29, 1.82) is 0 Å². The van der Waals surface area contributed by atoms with Crippen LogP contribution in [0.1, 0.15) is 31.2 Å². The molecule has 2 saturated carbocycles. The summed E-state index contributed by atoms with van der Waals surface area (Å²) in [5, 5.41) is 2.87. The van der Waals surface area contributed by atoms with Crippen LogP contribution in [-0.2, 0) is 14.9 Å². The molecule has 0 bridgehead atoms. The van der Waals surface area contributed by atoms with Crippen LogP contribution in [0.2, 0.25) is 0 Å². The molecule has 2 amide bonds. The lowest BCUT2D eigenvalue weighted by Crippen LogP contribution is -2.58. The van der Waals surface area contributed by atoms with E-state index in [1.807, 2.05) is 0 Å². The minimum Gasteiger partial charge on any atom is -0.447 e. The van der Waals surface area contributed by atoms with Crippen molar-refractivity contribution in [2.45, 2.75) is 36.6 Å². The molecule has 4 aliphatic rings. The zero-order valence-corrected chi connectivity index (χ0v) is 13.7. The van der Waals surface area contributed by atoms with Crippen molar-refractivity contribution in [3.8, 4) is 0 Å². The van der Waals surface area contributed by atoms with Gasteiger partial charge in [-0.1, -0.05) is 30.3 Å². The van der Waals surface area contributed by atoms with Gasteiger partial charge in [0.25, 0.3) is 0 Å². The van der Waals surface area contributed by atoms with Gasteiger partial charge in [0.1, 0.15) is 6.61 Å². The fourth-order valence-electron chi connectivity index (χ4n) is 5.11.